The average molecular weight is 327 g/mol. The van der Waals surface area contributed by atoms with Gasteiger partial charge >= 0.3 is 0 Å². The number of anilines is 2. The van der Waals surface area contributed by atoms with Gasteiger partial charge in [0.1, 0.15) is 11.9 Å². The Kier molecular flexibility index (Phi) is 4.63. The minimum absolute atomic E-state index is 0.130. The monoisotopic (exact) mass is 326 g/mol. The summed E-state index contributed by atoms with van der Waals surface area (Å²) in [5.74, 6) is 0.775. The van der Waals surface area contributed by atoms with Crippen LogP contribution in [0.3, 0.4) is 0 Å². The maximum absolute atomic E-state index is 12.3. The van der Waals surface area contributed by atoms with Crippen molar-refractivity contribution in [2.45, 2.75) is 32.2 Å². The topological polar surface area (TPSA) is 71.2 Å². The van der Waals surface area contributed by atoms with Crippen molar-refractivity contribution < 1.29 is 4.79 Å². The number of carbonyl (C=O) groups is 1. The second-order valence-corrected chi connectivity index (χ2v) is 5.71. The highest BCUT2D eigenvalue weighted by atomic mass is 79.9. The van der Waals surface area contributed by atoms with Gasteiger partial charge in [0.2, 0.25) is 5.91 Å². The summed E-state index contributed by atoms with van der Waals surface area (Å²) in [6.07, 6.45) is 4.99. The van der Waals surface area contributed by atoms with E-state index in [2.05, 4.69) is 26.2 Å². The number of nitrogen functional groups attached to an aromatic ring is 1. The minimum atomic E-state index is -0.287. The van der Waals surface area contributed by atoms with Crippen LogP contribution in [0, 0.1) is 0 Å². The first kappa shape index (κ1) is 14.1. The second-order valence-electron chi connectivity index (χ2n) is 4.85. The summed E-state index contributed by atoms with van der Waals surface area (Å²) in [4.78, 5) is 18.4. The van der Waals surface area contributed by atoms with Crippen LogP contribution in [0.25, 0.3) is 0 Å². The molecule has 0 aromatic carbocycles. The second kappa shape index (κ2) is 6.23. The summed E-state index contributed by atoms with van der Waals surface area (Å²) in [6, 6.07) is 1.48. The molecule has 19 heavy (non-hydrogen) atoms. The molecular weight excluding hydrogens is 308 g/mol. The van der Waals surface area contributed by atoms with Gasteiger partial charge in [0.25, 0.3) is 0 Å². The number of nitrogens with two attached hydrogens (primary N) is 1. The van der Waals surface area contributed by atoms with Gasteiger partial charge in [0, 0.05) is 13.1 Å². The number of nitrogens with one attached hydrogen (secondary N) is 1. The van der Waals surface area contributed by atoms with Crippen LogP contribution >= 0.6 is 15.9 Å². The molecule has 0 radical (unpaired) electrons. The number of halogens is 1. The summed E-state index contributed by atoms with van der Waals surface area (Å²) >= 11 is 3.39. The zero-order chi connectivity index (χ0) is 13.8. The molecule has 2 rings (SSSR count). The summed E-state index contributed by atoms with van der Waals surface area (Å²) in [6.45, 7) is 3.59. The molecule has 2 heterocycles. The minimum Gasteiger partial charge on any atom is -0.397 e. The van der Waals surface area contributed by atoms with Crippen LogP contribution in [0.2, 0.25) is 0 Å². The summed E-state index contributed by atoms with van der Waals surface area (Å²) < 4.78 is 0.769. The Bertz CT molecular complexity index is 460. The third kappa shape index (κ3) is 3.59. The molecule has 6 heteroatoms. The van der Waals surface area contributed by atoms with E-state index >= 15 is 0 Å². The van der Waals surface area contributed by atoms with Crippen LogP contribution in [0.15, 0.2) is 16.7 Å². The first-order valence-electron chi connectivity index (χ1n) is 6.54. The van der Waals surface area contributed by atoms with Crippen molar-refractivity contribution in [1.29, 1.82) is 0 Å². The number of hydrogen-bond acceptors (Lipinski definition) is 4. The van der Waals surface area contributed by atoms with Crippen molar-refractivity contribution >= 4 is 33.3 Å². The molecule has 0 bridgehead atoms. The highest BCUT2D eigenvalue weighted by Crippen LogP contribution is 2.22. The molecule has 1 atom stereocenters. The molecule has 0 aliphatic carbocycles. The van der Waals surface area contributed by atoms with E-state index in [4.69, 9.17) is 5.73 Å². The Labute approximate surface area is 121 Å². The van der Waals surface area contributed by atoms with E-state index in [0.29, 0.717) is 11.5 Å². The maximum Gasteiger partial charge on any atom is 0.244 e. The fourth-order valence-electron chi connectivity index (χ4n) is 2.21. The number of aromatic nitrogens is 1. The number of carbonyl (C=O) groups excluding carboxylic acids is 1. The SMILES string of the molecule is CC(Nc1ncc(N)cc1Br)C(=O)N1CCCCC1. The van der Waals surface area contributed by atoms with E-state index in [9.17, 15) is 4.79 Å². The quantitative estimate of drug-likeness (QED) is 0.893. The first-order valence-corrected chi connectivity index (χ1v) is 7.33. The fraction of sp³-hybridized carbons (Fsp3) is 0.538. The third-order valence-corrected chi connectivity index (χ3v) is 3.86. The van der Waals surface area contributed by atoms with Gasteiger partial charge in [-0.15, -0.1) is 0 Å². The molecule has 104 valence electrons. The number of pyridine rings is 1. The van der Waals surface area contributed by atoms with Crippen LogP contribution in [0.1, 0.15) is 26.2 Å². The number of amides is 1. The molecule has 1 amide bonds. The van der Waals surface area contributed by atoms with Crippen molar-refractivity contribution in [2.75, 3.05) is 24.1 Å². The summed E-state index contributed by atoms with van der Waals surface area (Å²) in [5, 5.41) is 3.13. The van der Waals surface area contributed by atoms with Gasteiger partial charge in [0.05, 0.1) is 16.4 Å². The lowest BCUT2D eigenvalue weighted by Gasteiger charge is -2.29. The standard InChI is InChI=1S/C13H19BrN4O/c1-9(13(19)18-5-3-2-4-6-18)17-12-11(14)7-10(15)8-16-12/h7-9H,2-6,15H2,1H3,(H,16,17). The molecule has 3 N–H and O–H groups in total. The lowest BCUT2D eigenvalue weighted by atomic mass is 10.1. The maximum atomic E-state index is 12.3. The Morgan fingerprint density at radius 2 is 2.16 bits per heavy atom. The molecule has 0 saturated carbocycles. The van der Waals surface area contributed by atoms with Crippen LogP contribution < -0.4 is 11.1 Å². The lowest BCUT2D eigenvalue weighted by molar-refractivity contribution is -0.132. The van der Waals surface area contributed by atoms with Gasteiger partial charge in [-0.2, -0.15) is 0 Å². The first-order chi connectivity index (χ1) is 9.08. The van der Waals surface area contributed by atoms with Gasteiger partial charge in [-0.1, -0.05) is 0 Å². The Hall–Kier alpha value is -1.30. The number of rotatable bonds is 3. The van der Waals surface area contributed by atoms with Crippen LogP contribution in [0.5, 0.6) is 0 Å². The van der Waals surface area contributed by atoms with Gasteiger partial charge in [-0.05, 0) is 48.2 Å². The molecule has 0 spiro atoms. The van der Waals surface area contributed by atoms with Crippen LogP contribution in [-0.4, -0.2) is 34.9 Å². The lowest BCUT2D eigenvalue weighted by Crippen LogP contribution is -2.44. The smallest absolute Gasteiger partial charge is 0.244 e. The summed E-state index contributed by atoms with van der Waals surface area (Å²) in [7, 11) is 0. The molecule has 1 fully saturated rings. The molecule has 1 aliphatic rings. The highest BCUT2D eigenvalue weighted by Gasteiger charge is 2.22. The largest absolute Gasteiger partial charge is 0.397 e. The highest BCUT2D eigenvalue weighted by molar-refractivity contribution is 9.10. The Morgan fingerprint density at radius 1 is 1.47 bits per heavy atom. The van der Waals surface area contributed by atoms with Crippen molar-refractivity contribution in [3.8, 4) is 0 Å². The van der Waals surface area contributed by atoms with Gasteiger partial charge < -0.3 is 16.0 Å². The van der Waals surface area contributed by atoms with Crippen molar-refractivity contribution in [3.05, 3.63) is 16.7 Å². The molecule has 1 aromatic rings. The van der Waals surface area contributed by atoms with Crippen LogP contribution in [0.4, 0.5) is 11.5 Å². The number of likely N-dealkylation sites (tertiary alicyclic amines) is 1. The zero-order valence-corrected chi connectivity index (χ0v) is 12.6. The predicted octanol–water partition coefficient (Wildman–Crippen LogP) is 2.24. The molecule has 1 unspecified atom stereocenters. The normalized spacial score (nSPS) is 17.1. The molecular formula is C13H19BrN4O. The molecule has 5 nitrogen and oxygen atoms in total. The number of hydrogen-bond donors (Lipinski definition) is 2. The Morgan fingerprint density at radius 3 is 2.79 bits per heavy atom. The summed E-state index contributed by atoms with van der Waals surface area (Å²) in [5.41, 5.74) is 6.23. The van der Waals surface area contributed by atoms with Gasteiger partial charge in [0.15, 0.2) is 0 Å². The number of piperidine rings is 1. The van der Waals surface area contributed by atoms with Crippen molar-refractivity contribution in [2.24, 2.45) is 0 Å². The van der Waals surface area contributed by atoms with Crippen molar-refractivity contribution in [1.82, 2.24) is 9.88 Å². The van der Waals surface area contributed by atoms with E-state index in [-0.39, 0.29) is 11.9 Å². The van der Waals surface area contributed by atoms with E-state index in [1.807, 2.05) is 11.8 Å². The third-order valence-electron chi connectivity index (χ3n) is 3.25. The van der Waals surface area contributed by atoms with E-state index in [1.54, 1.807) is 12.3 Å². The Balaban J connectivity index is 1.99. The van der Waals surface area contributed by atoms with Crippen LogP contribution in [-0.2, 0) is 4.79 Å². The number of nitrogens with zero attached hydrogens (tertiary/aromatic N) is 2. The van der Waals surface area contributed by atoms with E-state index < -0.39 is 0 Å². The molecule has 1 aromatic heterocycles. The van der Waals surface area contributed by atoms with Crippen molar-refractivity contribution in [3.63, 3.8) is 0 Å². The average Bonchev–Trinajstić information content (AvgIpc) is 2.42. The zero-order valence-electron chi connectivity index (χ0n) is 11.0. The van der Waals surface area contributed by atoms with Gasteiger partial charge in [-0.25, -0.2) is 4.98 Å². The fourth-order valence-corrected chi connectivity index (χ4v) is 2.70. The van der Waals surface area contributed by atoms with E-state index in [1.165, 1.54) is 6.42 Å². The molecule has 1 saturated heterocycles. The molecule has 1 aliphatic heterocycles. The van der Waals surface area contributed by atoms with Gasteiger partial charge in [-0.3, -0.25) is 4.79 Å². The van der Waals surface area contributed by atoms with E-state index in [0.717, 1.165) is 30.4 Å². The predicted molar refractivity (Wildman–Crippen MR) is 79.9 cm³/mol.